The normalized spacial score (nSPS) is 11.9. The second-order valence-electron chi connectivity index (χ2n) is 9.29. The Hall–Kier alpha value is -1.98. The molecule has 0 radical (unpaired) electrons. The summed E-state index contributed by atoms with van der Waals surface area (Å²) in [4.78, 5) is 24.1. The number of halogens is 2. The van der Waals surface area contributed by atoms with E-state index < -0.39 is 29.6 Å². The minimum Gasteiger partial charge on any atom is -0.464 e. The van der Waals surface area contributed by atoms with Crippen LogP contribution in [0.2, 0.25) is 0 Å². The fourth-order valence-electron chi connectivity index (χ4n) is 3.95. The predicted molar refractivity (Wildman–Crippen MR) is 134 cm³/mol. The topological polar surface area (TPSA) is 55.4 Å². The zero-order valence-electron chi connectivity index (χ0n) is 21.3. The summed E-state index contributed by atoms with van der Waals surface area (Å²) < 4.78 is 31.8. The molecule has 6 heteroatoms. The SMILES string of the molecule is CCCCCCCCCCCCCCCCCCOC(=O)C(C)NC(=O)c1ccc(F)cc1F. The highest BCUT2D eigenvalue weighted by Gasteiger charge is 2.20. The van der Waals surface area contributed by atoms with Crippen LogP contribution in [0.5, 0.6) is 0 Å². The number of ether oxygens (including phenoxy) is 1. The van der Waals surface area contributed by atoms with Gasteiger partial charge in [0.05, 0.1) is 12.2 Å². The Labute approximate surface area is 205 Å². The van der Waals surface area contributed by atoms with E-state index in [1.165, 1.54) is 90.4 Å². The van der Waals surface area contributed by atoms with Crippen molar-refractivity contribution in [3.63, 3.8) is 0 Å². The number of hydrogen-bond donors (Lipinski definition) is 1. The first-order chi connectivity index (χ1) is 16.5. The van der Waals surface area contributed by atoms with Crippen molar-refractivity contribution in [2.75, 3.05) is 6.61 Å². The van der Waals surface area contributed by atoms with Gasteiger partial charge in [-0.15, -0.1) is 0 Å². The third-order valence-electron chi connectivity index (χ3n) is 6.12. The highest BCUT2D eigenvalue weighted by atomic mass is 19.1. The Bertz CT molecular complexity index is 696. The lowest BCUT2D eigenvalue weighted by Crippen LogP contribution is -2.40. The van der Waals surface area contributed by atoms with E-state index in [2.05, 4.69) is 12.2 Å². The molecule has 1 amide bonds. The van der Waals surface area contributed by atoms with Crippen LogP contribution < -0.4 is 5.32 Å². The Morgan fingerprint density at radius 3 is 1.74 bits per heavy atom. The van der Waals surface area contributed by atoms with E-state index in [0.29, 0.717) is 12.7 Å². The van der Waals surface area contributed by atoms with Crippen molar-refractivity contribution in [1.82, 2.24) is 5.32 Å². The molecule has 0 bridgehead atoms. The minimum atomic E-state index is -0.966. The molecule has 1 aromatic rings. The van der Waals surface area contributed by atoms with Gasteiger partial charge >= 0.3 is 5.97 Å². The summed E-state index contributed by atoms with van der Waals surface area (Å²) in [5, 5.41) is 2.39. The fourth-order valence-corrected chi connectivity index (χ4v) is 3.95. The van der Waals surface area contributed by atoms with Crippen LogP contribution in [0.15, 0.2) is 18.2 Å². The number of benzene rings is 1. The van der Waals surface area contributed by atoms with Crippen molar-refractivity contribution in [1.29, 1.82) is 0 Å². The van der Waals surface area contributed by atoms with Crippen LogP contribution in [0.1, 0.15) is 127 Å². The largest absolute Gasteiger partial charge is 0.464 e. The maximum Gasteiger partial charge on any atom is 0.328 e. The highest BCUT2D eigenvalue weighted by Crippen LogP contribution is 2.14. The summed E-state index contributed by atoms with van der Waals surface area (Å²) in [5.41, 5.74) is -0.307. The minimum absolute atomic E-state index is 0.307. The van der Waals surface area contributed by atoms with E-state index >= 15 is 0 Å². The molecule has 0 saturated carbocycles. The zero-order valence-corrected chi connectivity index (χ0v) is 21.3. The molecular weight excluding hydrogens is 436 g/mol. The van der Waals surface area contributed by atoms with Crippen molar-refractivity contribution in [2.45, 2.75) is 123 Å². The van der Waals surface area contributed by atoms with Crippen molar-refractivity contribution >= 4 is 11.9 Å². The highest BCUT2D eigenvalue weighted by molar-refractivity contribution is 5.96. The first kappa shape index (κ1) is 30.1. The summed E-state index contributed by atoms with van der Waals surface area (Å²) >= 11 is 0. The molecule has 0 aromatic heterocycles. The van der Waals surface area contributed by atoms with E-state index in [9.17, 15) is 18.4 Å². The van der Waals surface area contributed by atoms with E-state index in [-0.39, 0.29) is 5.56 Å². The van der Waals surface area contributed by atoms with Gasteiger partial charge < -0.3 is 10.1 Å². The molecule has 1 unspecified atom stereocenters. The number of esters is 1. The second kappa shape index (κ2) is 19.3. The number of rotatable bonds is 20. The maximum absolute atomic E-state index is 13.7. The van der Waals surface area contributed by atoms with Gasteiger partial charge in [0.1, 0.15) is 17.7 Å². The monoisotopic (exact) mass is 481 g/mol. The maximum atomic E-state index is 13.7. The first-order valence-electron chi connectivity index (χ1n) is 13.4. The lowest BCUT2D eigenvalue weighted by atomic mass is 10.0. The van der Waals surface area contributed by atoms with Crippen LogP contribution in [0.4, 0.5) is 8.78 Å². The molecule has 1 rings (SSSR count). The van der Waals surface area contributed by atoms with Gasteiger partial charge in [0.25, 0.3) is 5.91 Å². The number of nitrogens with one attached hydrogen (secondary N) is 1. The van der Waals surface area contributed by atoms with E-state index in [4.69, 9.17) is 4.74 Å². The molecule has 0 aliphatic rings. The molecule has 34 heavy (non-hydrogen) atoms. The summed E-state index contributed by atoms with van der Waals surface area (Å²) in [6, 6.07) is 1.78. The van der Waals surface area contributed by atoms with Gasteiger partial charge in [-0.3, -0.25) is 4.79 Å². The van der Waals surface area contributed by atoms with E-state index in [1.807, 2.05) is 0 Å². The Kier molecular flexibility index (Phi) is 17.1. The molecule has 4 nitrogen and oxygen atoms in total. The number of hydrogen-bond acceptors (Lipinski definition) is 3. The molecule has 0 saturated heterocycles. The van der Waals surface area contributed by atoms with Crippen molar-refractivity contribution in [3.8, 4) is 0 Å². The quantitative estimate of drug-likeness (QED) is 0.152. The van der Waals surface area contributed by atoms with E-state index in [0.717, 1.165) is 31.4 Å². The molecule has 1 aromatic carbocycles. The van der Waals surface area contributed by atoms with Gasteiger partial charge in [0, 0.05) is 6.07 Å². The summed E-state index contributed by atoms with van der Waals surface area (Å²) in [6.45, 7) is 4.05. The van der Waals surface area contributed by atoms with Crippen molar-refractivity contribution in [3.05, 3.63) is 35.4 Å². The first-order valence-corrected chi connectivity index (χ1v) is 13.4. The van der Waals surface area contributed by atoms with Gasteiger partial charge in [0.2, 0.25) is 0 Å². The van der Waals surface area contributed by atoms with Crippen LogP contribution in [0.3, 0.4) is 0 Å². The molecule has 0 aliphatic heterocycles. The molecule has 0 spiro atoms. The smallest absolute Gasteiger partial charge is 0.328 e. The standard InChI is InChI=1S/C28H45F2NO3/c1-3-4-5-6-7-8-9-10-11-12-13-14-15-16-17-18-21-34-28(33)23(2)31-27(32)25-20-19-24(29)22-26(25)30/h19-20,22-23H,3-18,21H2,1-2H3,(H,31,32). The van der Waals surface area contributed by atoms with Gasteiger partial charge in [-0.05, 0) is 25.5 Å². The summed E-state index contributed by atoms with van der Waals surface area (Å²) in [5.74, 6) is -3.06. The molecule has 0 fully saturated rings. The van der Waals surface area contributed by atoms with E-state index in [1.54, 1.807) is 0 Å². The van der Waals surface area contributed by atoms with Crippen LogP contribution in [0.25, 0.3) is 0 Å². The number of unbranched alkanes of at least 4 members (excludes halogenated alkanes) is 15. The molecule has 1 N–H and O–H groups in total. The second-order valence-corrected chi connectivity index (χ2v) is 9.29. The third kappa shape index (κ3) is 14.3. The summed E-state index contributed by atoms with van der Waals surface area (Å²) in [7, 11) is 0. The molecule has 1 atom stereocenters. The van der Waals surface area contributed by atoms with Crippen LogP contribution in [-0.2, 0) is 9.53 Å². The van der Waals surface area contributed by atoms with Gasteiger partial charge in [-0.25, -0.2) is 13.6 Å². The average molecular weight is 482 g/mol. The van der Waals surface area contributed by atoms with Gasteiger partial charge in [-0.2, -0.15) is 0 Å². The van der Waals surface area contributed by atoms with Crippen molar-refractivity contribution in [2.24, 2.45) is 0 Å². The van der Waals surface area contributed by atoms with Crippen LogP contribution in [-0.4, -0.2) is 24.5 Å². The fraction of sp³-hybridized carbons (Fsp3) is 0.714. The van der Waals surface area contributed by atoms with Crippen LogP contribution in [0, 0.1) is 11.6 Å². The van der Waals surface area contributed by atoms with Crippen molar-refractivity contribution < 1.29 is 23.1 Å². The third-order valence-corrected chi connectivity index (χ3v) is 6.12. The Morgan fingerprint density at radius 1 is 0.794 bits per heavy atom. The lowest BCUT2D eigenvalue weighted by Gasteiger charge is -2.13. The average Bonchev–Trinajstić information content (AvgIpc) is 2.80. The number of carbonyl (C=O) groups is 2. The van der Waals surface area contributed by atoms with Gasteiger partial charge in [0.15, 0.2) is 0 Å². The number of carbonyl (C=O) groups excluding carboxylic acids is 2. The number of amides is 1. The molecular formula is C28H45F2NO3. The molecule has 194 valence electrons. The lowest BCUT2D eigenvalue weighted by molar-refractivity contribution is -0.145. The predicted octanol–water partition coefficient (Wildman–Crippen LogP) is 7.89. The summed E-state index contributed by atoms with van der Waals surface area (Å²) in [6.07, 6.45) is 20.4. The molecule has 0 heterocycles. The Morgan fingerprint density at radius 2 is 1.26 bits per heavy atom. The zero-order chi connectivity index (χ0) is 25.0. The van der Waals surface area contributed by atoms with Crippen LogP contribution >= 0.6 is 0 Å². The Balaban J connectivity index is 1.94. The molecule has 0 aliphatic carbocycles. The van der Waals surface area contributed by atoms with Gasteiger partial charge in [-0.1, -0.05) is 103 Å².